The second-order valence-corrected chi connectivity index (χ2v) is 5.97. The van der Waals surface area contributed by atoms with Crippen LogP contribution in [0, 0.1) is 12.7 Å². The number of methoxy groups -OCH3 is 1. The Hall–Kier alpha value is -3.49. The van der Waals surface area contributed by atoms with Gasteiger partial charge in [-0.1, -0.05) is 6.07 Å². The van der Waals surface area contributed by atoms with E-state index in [-0.39, 0.29) is 29.5 Å². The Labute approximate surface area is 164 Å². The van der Waals surface area contributed by atoms with E-state index < -0.39 is 12.6 Å². The molecule has 3 rings (SSSR count). The highest BCUT2D eigenvalue weighted by atomic mass is 19.3. The van der Waals surface area contributed by atoms with E-state index in [4.69, 9.17) is 9.47 Å². The molecule has 0 fully saturated rings. The molecule has 0 aliphatic carbocycles. The maximum absolute atomic E-state index is 13.1. The summed E-state index contributed by atoms with van der Waals surface area (Å²) in [6.45, 7) is -1.40. The molecule has 0 unspecified atom stereocenters. The molecule has 0 spiro atoms. The van der Waals surface area contributed by atoms with Crippen LogP contribution in [-0.2, 0) is 11.3 Å². The van der Waals surface area contributed by atoms with Crippen molar-refractivity contribution in [2.24, 2.45) is 0 Å². The monoisotopic (exact) mass is 406 g/mol. The maximum atomic E-state index is 13.1. The summed E-state index contributed by atoms with van der Waals surface area (Å²) in [4.78, 5) is 12.4. The number of halogens is 3. The van der Waals surface area contributed by atoms with Crippen LogP contribution in [0.5, 0.6) is 11.5 Å². The van der Waals surface area contributed by atoms with E-state index in [0.717, 1.165) is 0 Å². The molecule has 3 aromatic rings. The summed E-state index contributed by atoms with van der Waals surface area (Å²) >= 11 is 0. The number of ether oxygens (including phenoxy) is 3. The second-order valence-electron chi connectivity index (χ2n) is 5.97. The Kier molecular flexibility index (Phi) is 6.06. The van der Waals surface area contributed by atoms with Crippen LogP contribution in [0.4, 0.5) is 13.2 Å². The van der Waals surface area contributed by atoms with Gasteiger partial charge in [0.2, 0.25) is 0 Å². The van der Waals surface area contributed by atoms with Gasteiger partial charge in [0, 0.05) is 0 Å². The Morgan fingerprint density at radius 1 is 1.14 bits per heavy atom. The summed E-state index contributed by atoms with van der Waals surface area (Å²) in [7, 11) is 1.32. The van der Waals surface area contributed by atoms with Gasteiger partial charge in [0.15, 0.2) is 11.5 Å². The topological polar surface area (TPSA) is 62.6 Å². The fourth-order valence-electron chi connectivity index (χ4n) is 2.67. The van der Waals surface area contributed by atoms with Gasteiger partial charge >= 0.3 is 12.6 Å². The van der Waals surface area contributed by atoms with Crippen molar-refractivity contribution >= 4 is 5.97 Å². The van der Waals surface area contributed by atoms with E-state index in [1.54, 1.807) is 19.1 Å². The van der Waals surface area contributed by atoms with Gasteiger partial charge in [-0.05, 0) is 48.9 Å². The number of carbonyl (C=O) groups excluding carboxylic acids is 1. The number of rotatable bonds is 7. The van der Waals surface area contributed by atoms with Crippen LogP contribution in [0.2, 0.25) is 0 Å². The molecule has 1 aromatic heterocycles. The molecule has 0 N–H and O–H groups in total. The van der Waals surface area contributed by atoms with E-state index in [0.29, 0.717) is 16.9 Å². The first kappa shape index (κ1) is 20.2. The number of hydrogen-bond donors (Lipinski definition) is 0. The zero-order valence-corrected chi connectivity index (χ0v) is 15.6. The van der Waals surface area contributed by atoms with E-state index in [2.05, 4.69) is 9.84 Å². The largest absolute Gasteiger partial charge is 0.493 e. The number of alkyl halides is 2. The molecular formula is C20H17F3N2O4. The van der Waals surface area contributed by atoms with Crippen LogP contribution >= 0.6 is 0 Å². The van der Waals surface area contributed by atoms with Crippen LogP contribution in [0.3, 0.4) is 0 Å². The molecule has 0 atom stereocenters. The molecule has 9 heteroatoms. The Bertz CT molecular complexity index is 1000. The number of aromatic nitrogens is 2. The summed E-state index contributed by atoms with van der Waals surface area (Å²) in [6.07, 6.45) is 1.36. The van der Waals surface area contributed by atoms with Crippen molar-refractivity contribution in [1.82, 2.24) is 9.78 Å². The first-order valence-electron chi connectivity index (χ1n) is 8.48. The third-order valence-electron chi connectivity index (χ3n) is 4.11. The average Bonchev–Trinajstić information content (AvgIpc) is 3.08. The van der Waals surface area contributed by atoms with Crippen molar-refractivity contribution in [1.29, 1.82) is 0 Å². The summed E-state index contributed by atoms with van der Waals surface area (Å²) in [5.74, 6) is -1.01. The van der Waals surface area contributed by atoms with Gasteiger partial charge in [-0.15, -0.1) is 0 Å². The maximum Gasteiger partial charge on any atom is 0.387 e. The second kappa shape index (κ2) is 8.68. The molecule has 2 aromatic carbocycles. The molecule has 0 saturated heterocycles. The van der Waals surface area contributed by atoms with Crippen molar-refractivity contribution in [2.45, 2.75) is 20.1 Å². The number of hydrogen-bond acceptors (Lipinski definition) is 5. The highest BCUT2D eigenvalue weighted by Gasteiger charge is 2.17. The van der Waals surface area contributed by atoms with Crippen LogP contribution < -0.4 is 9.47 Å². The Morgan fingerprint density at radius 2 is 1.86 bits per heavy atom. The third-order valence-corrected chi connectivity index (χ3v) is 4.11. The zero-order valence-electron chi connectivity index (χ0n) is 15.6. The highest BCUT2D eigenvalue weighted by Crippen LogP contribution is 2.29. The van der Waals surface area contributed by atoms with Crippen LogP contribution in [0.25, 0.3) is 5.69 Å². The molecule has 0 bridgehead atoms. The smallest absolute Gasteiger partial charge is 0.387 e. The number of esters is 1. The molecule has 6 nitrogen and oxygen atoms in total. The predicted molar refractivity (Wildman–Crippen MR) is 97.0 cm³/mol. The fourth-order valence-corrected chi connectivity index (χ4v) is 2.67. The normalized spacial score (nSPS) is 10.8. The molecule has 0 saturated carbocycles. The number of nitrogens with zero attached hydrogens (tertiary/aromatic N) is 2. The molecule has 0 aliphatic heterocycles. The molecule has 152 valence electrons. The average molecular weight is 406 g/mol. The molecule has 29 heavy (non-hydrogen) atoms. The molecule has 0 aliphatic rings. The summed E-state index contributed by atoms with van der Waals surface area (Å²) in [6, 6.07) is 9.92. The Balaban J connectivity index is 1.71. The van der Waals surface area contributed by atoms with Gasteiger partial charge in [-0.25, -0.2) is 13.9 Å². The van der Waals surface area contributed by atoms with Crippen molar-refractivity contribution < 1.29 is 32.2 Å². The fraction of sp³-hybridized carbons (Fsp3) is 0.200. The Morgan fingerprint density at radius 3 is 2.52 bits per heavy atom. The molecule has 0 amide bonds. The van der Waals surface area contributed by atoms with Crippen molar-refractivity contribution in [3.8, 4) is 17.2 Å². The van der Waals surface area contributed by atoms with Crippen LogP contribution in [-0.4, -0.2) is 29.5 Å². The van der Waals surface area contributed by atoms with E-state index in [1.165, 1.54) is 48.3 Å². The third kappa shape index (κ3) is 4.68. The minimum absolute atomic E-state index is 0.0964. The number of carbonyl (C=O) groups is 1. The molecule has 1 heterocycles. The van der Waals surface area contributed by atoms with Crippen molar-refractivity contribution in [3.05, 3.63) is 71.3 Å². The standard InChI is InChI=1S/C20H17F3N2O4/c1-12-16(10-24-25(12)15-6-4-14(21)5-7-15)19(26)28-11-13-3-8-17(29-20(22)23)18(9-13)27-2/h3-10,20H,11H2,1-2H3. The van der Waals surface area contributed by atoms with E-state index in [9.17, 15) is 18.0 Å². The lowest BCUT2D eigenvalue weighted by atomic mass is 10.2. The van der Waals surface area contributed by atoms with Gasteiger partial charge in [0.1, 0.15) is 18.0 Å². The van der Waals surface area contributed by atoms with Crippen molar-refractivity contribution in [2.75, 3.05) is 7.11 Å². The number of benzene rings is 2. The van der Waals surface area contributed by atoms with E-state index >= 15 is 0 Å². The quantitative estimate of drug-likeness (QED) is 0.548. The molecular weight excluding hydrogens is 389 g/mol. The van der Waals surface area contributed by atoms with Gasteiger partial charge in [0.25, 0.3) is 0 Å². The minimum Gasteiger partial charge on any atom is -0.493 e. The lowest BCUT2D eigenvalue weighted by molar-refractivity contribution is -0.0512. The first-order valence-corrected chi connectivity index (χ1v) is 8.48. The summed E-state index contributed by atoms with van der Waals surface area (Å²) in [5.41, 5.74) is 1.90. The zero-order chi connectivity index (χ0) is 21.0. The molecule has 0 radical (unpaired) electrons. The van der Waals surface area contributed by atoms with Gasteiger partial charge in [-0.2, -0.15) is 13.9 Å². The van der Waals surface area contributed by atoms with E-state index in [1.807, 2.05) is 0 Å². The van der Waals surface area contributed by atoms with Gasteiger partial charge in [0.05, 0.1) is 24.7 Å². The van der Waals surface area contributed by atoms with Gasteiger partial charge in [-0.3, -0.25) is 0 Å². The van der Waals surface area contributed by atoms with Crippen molar-refractivity contribution in [3.63, 3.8) is 0 Å². The lowest BCUT2D eigenvalue weighted by Crippen LogP contribution is -2.08. The van der Waals surface area contributed by atoms with Gasteiger partial charge < -0.3 is 14.2 Å². The first-order chi connectivity index (χ1) is 13.9. The van der Waals surface area contributed by atoms with Crippen LogP contribution in [0.15, 0.2) is 48.7 Å². The SMILES string of the molecule is COc1cc(COC(=O)c2cnn(-c3ccc(F)cc3)c2C)ccc1OC(F)F. The van der Waals surface area contributed by atoms with Crippen LogP contribution in [0.1, 0.15) is 21.6 Å². The predicted octanol–water partition coefficient (Wildman–Crippen LogP) is 4.29. The lowest BCUT2D eigenvalue weighted by Gasteiger charge is -2.11. The highest BCUT2D eigenvalue weighted by molar-refractivity contribution is 5.90. The summed E-state index contributed by atoms with van der Waals surface area (Å²) in [5, 5.41) is 4.14. The minimum atomic E-state index is -2.98. The summed E-state index contributed by atoms with van der Waals surface area (Å²) < 4.78 is 54.0.